The molecule has 0 atom stereocenters. The van der Waals surface area contributed by atoms with Gasteiger partial charge in [-0.15, -0.1) is 0 Å². The smallest absolute Gasteiger partial charge is 0.220 e. The van der Waals surface area contributed by atoms with E-state index in [2.05, 4.69) is 38.2 Å². The number of rotatable bonds is 32. The van der Waals surface area contributed by atoms with Crippen LogP contribution in [0.4, 0.5) is 0 Å². The van der Waals surface area contributed by atoms with Gasteiger partial charge in [-0.2, -0.15) is 0 Å². The maximum atomic E-state index is 10.4. The van der Waals surface area contributed by atoms with E-state index in [4.69, 9.17) is 0 Å². The van der Waals surface area contributed by atoms with Gasteiger partial charge in [-0.05, 0) is 77.0 Å². The fraction of sp³-hybridized carbons (Fsp3) is 0.889. The van der Waals surface area contributed by atoms with E-state index in [0.29, 0.717) is 12.3 Å². The van der Waals surface area contributed by atoms with E-state index >= 15 is 0 Å². The van der Waals surface area contributed by atoms with E-state index in [1.54, 1.807) is 0 Å². The van der Waals surface area contributed by atoms with E-state index < -0.39 is 7.72 Å². The van der Waals surface area contributed by atoms with Crippen molar-refractivity contribution in [3.05, 3.63) is 24.3 Å². The van der Waals surface area contributed by atoms with Crippen LogP contribution in [0.5, 0.6) is 0 Å². The second kappa shape index (κ2) is 32.3. The normalized spacial score (nSPS) is 12.4. The molecule has 0 fully saturated rings. The highest BCUT2D eigenvalue weighted by molar-refractivity contribution is 7.64. The minimum absolute atomic E-state index is 0.652. The van der Waals surface area contributed by atoms with Gasteiger partial charge in [0.05, 0.1) is 0 Å². The number of hydrogen-bond acceptors (Lipinski definition) is 2. The molecular formula is C36H72O2P+. The first-order chi connectivity index (χ1) is 19.1. The van der Waals surface area contributed by atoms with Crippen LogP contribution < -0.4 is 0 Å². The van der Waals surface area contributed by atoms with Gasteiger partial charge < -0.3 is 0 Å². The SMILES string of the molecule is CCCCCCCCC=CCCCCCCCC[P+](O)(O)CCCCCCCCC=CCCCCCCCC. The minimum atomic E-state index is -2.64. The van der Waals surface area contributed by atoms with Crippen LogP contribution in [0.15, 0.2) is 24.3 Å². The lowest BCUT2D eigenvalue weighted by Gasteiger charge is -2.12. The van der Waals surface area contributed by atoms with Gasteiger partial charge in [0, 0.05) is 0 Å². The van der Waals surface area contributed by atoms with Crippen LogP contribution in [-0.4, -0.2) is 22.1 Å². The molecule has 0 radical (unpaired) electrons. The van der Waals surface area contributed by atoms with E-state index in [1.165, 1.54) is 154 Å². The molecule has 0 saturated heterocycles. The Morgan fingerprint density at radius 1 is 0.333 bits per heavy atom. The van der Waals surface area contributed by atoms with Crippen molar-refractivity contribution >= 4 is 7.72 Å². The lowest BCUT2D eigenvalue weighted by molar-refractivity contribution is 0.440. The van der Waals surface area contributed by atoms with Crippen molar-refractivity contribution in [1.29, 1.82) is 0 Å². The van der Waals surface area contributed by atoms with Crippen LogP contribution in [0.3, 0.4) is 0 Å². The van der Waals surface area contributed by atoms with Crippen molar-refractivity contribution in [3.8, 4) is 0 Å². The lowest BCUT2D eigenvalue weighted by Crippen LogP contribution is -2.02. The van der Waals surface area contributed by atoms with Gasteiger partial charge >= 0.3 is 0 Å². The predicted octanol–water partition coefficient (Wildman–Crippen LogP) is 12.9. The first-order valence-corrected chi connectivity index (χ1v) is 19.8. The third-order valence-electron chi connectivity index (χ3n) is 8.06. The van der Waals surface area contributed by atoms with Gasteiger partial charge in [-0.25, -0.2) is 9.79 Å². The highest BCUT2D eigenvalue weighted by Crippen LogP contribution is 2.51. The van der Waals surface area contributed by atoms with Crippen molar-refractivity contribution in [1.82, 2.24) is 0 Å². The summed E-state index contributed by atoms with van der Waals surface area (Å²) in [6.07, 6.45) is 47.1. The Labute approximate surface area is 247 Å². The molecule has 0 amide bonds. The molecule has 0 bridgehead atoms. The van der Waals surface area contributed by atoms with E-state index in [-0.39, 0.29) is 0 Å². The van der Waals surface area contributed by atoms with Gasteiger partial charge in [0.15, 0.2) is 0 Å². The fourth-order valence-corrected chi connectivity index (χ4v) is 7.02. The van der Waals surface area contributed by atoms with E-state index in [9.17, 15) is 9.79 Å². The highest BCUT2D eigenvalue weighted by atomic mass is 31.2. The molecule has 0 aromatic carbocycles. The zero-order valence-corrected chi connectivity index (χ0v) is 27.8. The summed E-state index contributed by atoms with van der Waals surface area (Å²) in [5, 5.41) is 0. The quantitative estimate of drug-likeness (QED) is 0.0482. The largest absolute Gasteiger partial charge is 0.267 e. The van der Waals surface area contributed by atoms with Crippen molar-refractivity contribution in [2.45, 2.75) is 194 Å². The molecule has 0 aliphatic heterocycles. The Balaban J connectivity index is 3.36. The summed E-state index contributed by atoms with van der Waals surface area (Å²) < 4.78 is 0. The third-order valence-corrected chi connectivity index (χ3v) is 10.1. The highest BCUT2D eigenvalue weighted by Gasteiger charge is 2.30. The van der Waals surface area contributed by atoms with Crippen LogP contribution in [0, 0.1) is 0 Å². The summed E-state index contributed by atoms with van der Waals surface area (Å²) in [4.78, 5) is 20.8. The van der Waals surface area contributed by atoms with E-state index in [1.807, 2.05) is 0 Å². The number of unbranched alkanes of at least 4 members (excludes halogenated alkanes) is 24. The molecule has 0 saturated carbocycles. The maximum absolute atomic E-state index is 10.4. The summed E-state index contributed by atoms with van der Waals surface area (Å²) in [6.45, 7) is 4.56. The topological polar surface area (TPSA) is 40.5 Å². The molecule has 0 aliphatic rings. The van der Waals surface area contributed by atoms with Crippen LogP contribution in [0.25, 0.3) is 0 Å². The minimum Gasteiger partial charge on any atom is -0.220 e. The van der Waals surface area contributed by atoms with Crippen molar-refractivity contribution in [3.63, 3.8) is 0 Å². The first kappa shape index (κ1) is 38.8. The summed E-state index contributed by atoms with van der Waals surface area (Å²) in [5.74, 6) is 0. The molecule has 39 heavy (non-hydrogen) atoms. The molecule has 0 rings (SSSR count). The number of hydrogen-bond donors (Lipinski definition) is 2. The van der Waals surface area contributed by atoms with Gasteiger partial charge in [-0.3, -0.25) is 0 Å². The molecule has 232 valence electrons. The summed E-state index contributed by atoms with van der Waals surface area (Å²) in [7, 11) is -2.64. The molecule has 0 spiro atoms. The van der Waals surface area contributed by atoms with Crippen LogP contribution in [0.1, 0.15) is 194 Å². The molecule has 0 unspecified atom stereocenters. The Morgan fingerprint density at radius 3 is 0.846 bits per heavy atom. The van der Waals surface area contributed by atoms with Crippen LogP contribution in [0.2, 0.25) is 0 Å². The summed E-state index contributed by atoms with van der Waals surface area (Å²) in [6, 6.07) is 0. The maximum Gasteiger partial charge on any atom is 0.267 e. The molecule has 0 aromatic heterocycles. The molecule has 0 aliphatic carbocycles. The van der Waals surface area contributed by atoms with Crippen LogP contribution >= 0.6 is 7.72 Å². The van der Waals surface area contributed by atoms with E-state index in [0.717, 1.165) is 25.7 Å². The molecular weight excluding hydrogens is 495 g/mol. The zero-order chi connectivity index (χ0) is 28.5. The van der Waals surface area contributed by atoms with Crippen molar-refractivity contribution < 1.29 is 9.79 Å². The molecule has 0 aromatic rings. The summed E-state index contributed by atoms with van der Waals surface area (Å²) in [5.41, 5.74) is 0. The van der Waals surface area contributed by atoms with Crippen LogP contribution in [-0.2, 0) is 0 Å². The molecule has 0 heterocycles. The average molecular weight is 568 g/mol. The summed E-state index contributed by atoms with van der Waals surface area (Å²) >= 11 is 0. The third kappa shape index (κ3) is 33.9. The standard InChI is InChI=1S/C36H72O2P/c1-3-5-7-9-11-13-15-17-19-21-23-25-27-29-31-33-35-39(37,38)36-34-32-30-28-26-24-22-20-18-16-14-12-10-8-6-4-2/h17-20,37-38H,3-16,21-36H2,1-2H3/q+1. The zero-order valence-electron chi connectivity index (χ0n) is 26.9. The Hall–Kier alpha value is -0.170. The average Bonchev–Trinajstić information content (AvgIpc) is 2.92. The van der Waals surface area contributed by atoms with Crippen molar-refractivity contribution in [2.75, 3.05) is 12.3 Å². The van der Waals surface area contributed by atoms with Gasteiger partial charge in [0.2, 0.25) is 0 Å². The van der Waals surface area contributed by atoms with Crippen molar-refractivity contribution in [2.24, 2.45) is 0 Å². The molecule has 3 heteroatoms. The van der Waals surface area contributed by atoms with Gasteiger partial charge in [0.25, 0.3) is 7.72 Å². The molecule has 2 nitrogen and oxygen atoms in total. The number of allylic oxidation sites excluding steroid dienone is 4. The second-order valence-electron chi connectivity index (χ2n) is 12.2. The van der Waals surface area contributed by atoms with Gasteiger partial charge in [-0.1, -0.05) is 141 Å². The lowest BCUT2D eigenvalue weighted by atomic mass is 10.1. The van der Waals surface area contributed by atoms with Gasteiger partial charge in [0.1, 0.15) is 12.3 Å². The monoisotopic (exact) mass is 568 g/mol. The first-order valence-electron chi connectivity index (χ1n) is 17.7. The Morgan fingerprint density at radius 2 is 0.564 bits per heavy atom. The Kier molecular flexibility index (Phi) is 32.2. The Bertz CT molecular complexity index is 470. The molecule has 2 N–H and O–H groups in total. The second-order valence-corrected chi connectivity index (χ2v) is 14.9. The fourth-order valence-electron chi connectivity index (χ4n) is 5.34. The predicted molar refractivity (Wildman–Crippen MR) is 180 cm³/mol.